The molecule has 1 unspecified atom stereocenters. The first-order chi connectivity index (χ1) is 13.7. The van der Waals surface area contributed by atoms with Gasteiger partial charge in [0.1, 0.15) is 5.84 Å². The van der Waals surface area contributed by atoms with Gasteiger partial charge >= 0.3 is 0 Å². The molecule has 1 saturated heterocycles. The number of nitrogens with zero attached hydrogens (tertiary/aromatic N) is 2. The van der Waals surface area contributed by atoms with Gasteiger partial charge in [0.2, 0.25) is 0 Å². The summed E-state index contributed by atoms with van der Waals surface area (Å²) in [6, 6.07) is 27.4. The van der Waals surface area contributed by atoms with Crippen LogP contribution in [0.25, 0.3) is 0 Å². The molecule has 1 fully saturated rings. The second-order valence-corrected chi connectivity index (χ2v) is 6.96. The van der Waals surface area contributed by atoms with Gasteiger partial charge in [-0.1, -0.05) is 74.8 Å². The van der Waals surface area contributed by atoms with Gasteiger partial charge in [-0.25, -0.2) is 4.99 Å². The molecular weight excluding hydrogens is 364 g/mol. The first-order valence-corrected chi connectivity index (χ1v) is 10.4. The van der Waals surface area contributed by atoms with E-state index in [1.54, 1.807) is 0 Å². The van der Waals surface area contributed by atoms with E-state index in [-0.39, 0.29) is 0 Å². The smallest absolute Gasteiger partial charge is 0.112 e. The summed E-state index contributed by atoms with van der Waals surface area (Å²) in [5, 5.41) is 0.769. The molecule has 1 aliphatic heterocycles. The normalized spacial score (nSPS) is 16.9. The predicted octanol–water partition coefficient (Wildman–Crippen LogP) is 7.61. The summed E-state index contributed by atoms with van der Waals surface area (Å²) >= 11 is 6.06. The Morgan fingerprint density at radius 3 is 2.14 bits per heavy atom. The SMILES string of the molecule is CC.CCc1ccc(N2C(=Nc3ccccc3)CC2c2ccc(Cl)cc2)cc1. The molecule has 1 heterocycles. The molecule has 3 heteroatoms. The van der Waals surface area contributed by atoms with Crippen LogP contribution in [-0.4, -0.2) is 5.84 Å². The van der Waals surface area contributed by atoms with Crippen LogP contribution in [0.2, 0.25) is 5.02 Å². The first-order valence-electron chi connectivity index (χ1n) is 10.0. The van der Waals surface area contributed by atoms with E-state index < -0.39 is 0 Å². The van der Waals surface area contributed by atoms with Crippen molar-refractivity contribution in [3.05, 3.63) is 95.0 Å². The van der Waals surface area contributed by atoms with Crippen LogP contribution in [0, 0.1) is 0 Å². The number of anilines is 1. The summed E-state index contributed by atoms with van der Waals surface area (Å²) in [4.78, 5) is 7.20. The predicted molar refractivity (Wildman–Crippen MR) is 122 cm³/mol. The third kappa shape index (κ3) is 4.45. The van der Waals surface area contributed by atoms with Gasteiger partial charge < -0.3 is 4.90 Å². The van der Waals surface area contributed by atoms with E-state index in [9.17, 15) is 0 Å². The second-order valence-electron chi connectivity index (χ2n) is 6.53. The lowest BCUT2D eigenvalue weighted by Gasteiger charge is -2.44. The summed E-state index contributed by atoms with van der Waals surface area (Å²) in [5.41, 5.74) is 4.79. The summed E-state index contributed by atoms with van der Waals surface area (Å²) < 4.78 is 0. The van der Waals surface area contributed by atoms with Crippen molar-refractivity contribution >= 4 is 28.8 Å². The number of hydrogen-bond donors (Lipinski definition) is 0. The maximum absolute atomic E-state index is 6.06. The number of hydrogen-bond acceptors (Lipinski definition) is 1. The minimum atomic E-state index is 0.294. The van der Waals surface area contributed by atoms with Crippen molar-refractivity contribution in [1.82, 2.24) is 0 Å². The monoisotopic (exact) mass is 390 g/mol. The number of para-hydroxylation sites is 1. The Bertz CT molecular complexity index is 900. The Hall–Kier alpha value is -2.58. The van der Waals surface area contributed by atoms with Crippen molar-refractivity contribution in [2.45, 2.75) is 39.7 Å². The van der Waals surface area contributed by atoms with Crippen LogP contribution in [0.3, 0.4) is 0 Å². The van der Waals surface area contributed by atoms with Gasteiger partial charge in [-0.3, -0.25) is 0 Å². The molecule has 3 aromatic rings. The van der Waals surface area contributed by atoms with Crippen LogP contribution in [-0.2, 0) is 6.42 Å². The molecule has 0 radical (unpaired) electrons. The number of benzene rings is 3. The number of amidine groups is 1. The fourth-order valence-electron chi connectivity index (χ4n) is 3.35. The number of aryl methyl sites for hydroxylation is 1. The van der Waals surface area contributed by atoms with E-state index in [4.69, 9.17) is 16.6 Å². The summed E-state index contributed by atoms with van der Waals surface area (Å²) in [6.45, 7) is 6.18. The van der Waals surface area contributed by atoms with Crippen LogP contribution in [0.15, 0.2) is 83.9 Å². The summed E-state index contributed by atoms with van der Waals surface area (Å²) in [5.74, 6) is 1.10. The zero-order chi connectivity index (χ0) is 19.9. The quantitative estimate of drug-likeness (QED) is 0.447. The highest BCUT2D eigenvalue weighted by Gasteiger charge is 2.36. The summed E-state index contributed by atoms with van der Waals surface area (Å²) in [7, 11) is 0. The molecule has 1 atom stereocenters. The molecule has 0 aliphatic carbocycles. The van der Waals surface area contributed by atoms with E-state index in [2.05, 4.69) is 48.2 Å². The van der Waals surface area contributed by atoms with Gasteiger partial charge in [-0.2, -0.15) is 0 Å². The van der Waals surface area contributed by atoms with Gasteiger partial charge in [0, 0.05) is 17.1 Å². The minimum absolute atomic E-state index is 0.294. The van der Waals surface area contributed by atoms with Gasteiger partial charge in [-0.15, -0.1) is 0 Å². The Labute approximate surface area is 173 Å². The molecule has 144 valence electrons. The van der Waals surface area contributed by atoms with Crippen LogP contribution in [0.5, 0.6) is 0 Å². The van der Waals surface area contributed by atoms with Crippen molar-refractivity contribution in [2.75, 3.05) is 4.90 Å². The molecule has 2 nitrogen and oxygen atoms in total. The lowest BCUT2D eigenvalue weighted by atomic mass is 9.92. The molecule has 0 amide bonds. The van der Waals surface area contributed by atoms with Crippen molar-refractivity contribution in [1.29, 1.82) is 0 Å². The number of rotatable bonds is 4. The standard InChI is InChI=1S/C23H21ClN2.C2H6/c1-2-17-8-14-21(15-9-17)26-22(18-10-12-19(24)13-11-18)16-23(26)25-20-6-4-3-5-7-20;1-2/h3-15,22H,2,16H2,1H3;1-2H3. The highest BCUT2D eigenvalue weighted by atomic mass is 35.5. The average Bonchev–Trinajstić information content (AvgIpc) is 2.74. The minimum Gasteiger partial charge on any atom is -0.322 e. The van der Waals surface area contributed by atoms with Gasteiger partial charge in [0.15, 0.2) is 0 Å². The number of aliphatic imine (C=N–C) groups is 1. The Kier molecular flexibility index (Phi) is 6.89. The Balaban J connectivity index is 0.00000109. The fraction of sp³-hybridized carbons (Fsp3) is 0.240. The molecule has 0 spiro atoms. The lowest BCUT2D eigenvalue weighted by molar-refractivity contribution is 0.652. The zero-order valence-corrected chi connectivity index (χ0v) is 17.5. The largest absolute Gasteiger partial charge is 0.322 e. The van der Waals surface area contributed by atoms with Crippen molar-refractivity contribution in [2.24, 2.45) is 4.99 Å². The van der Waals surface area contributed by atoms with Crippen LogP contribution in [0.4, 0.5) is 11.4 Å². The lowest BCUT2D eigenvalue weighted by Crippen LogP contribution is -2.46. The molecule has 0 saturated carbocycles. The molecule has 1 aliphatic rings. The highest BCUT2D eigenvalue weighted by molar-refractivity contribution is 6.30. The van der Waals surface area contributed by atoms with E-state index in [1.807, 2.05) is 56.3 Å². The number of halogens is 1. The third-order valence-electron chi connectivity index (χ3n) is 4.86. The van der Waals surface area contributed by atoms with E-state index >= 15 is 0 Å². The van der Waals surface area contributed by atoms with Crippen LogP contribution in [0.1, 0.15) is 44.4 Å². The van der Waals surface area contributed by atoms with Crippen molar-refractivity contribution < 1.29 is 0 Å². The maximum atomic E-state index is 6.06. The van der Waals surface area contributed by atoms with Gasteiger partial charge in [-0.05, 0) is 53.9 Å². The molecule has 0 aromatic heterocycles. The van der Waals surface area contributed by atoms with E-state index in [0.717, 1.165) is 29.4 Å². The Morgan fingerprint density at radius 2 is 1.54 bits per heavy atom. The van der Waals surface area contributed by atoms with Crippen LogP contribution < -0.4 is 4.90 Å². The second kappa shape index (κ2) is 9.57. The molecule has 0 bridgehead atoms. The maximum Gasteiger partial charge on any atom is 0.112 e. The van der Waals surface area contributed by atoms with E-state index in [0.29, 0.717) is 6.04 Å². The highest BCUT2D eigenvalue weighted by Crippen LogP contribution is 2.40. The van der Waals surface area contributed by atoms with E-state index in [1.165, 1.54) is 16.8 Å². The van der Waals surface area contributed by atoms with Gasteiger partial charge in [0.05, 0.1) is 11.7 Å². The van der Waals surface area contributed by atoms with Crippen LogP contribution >= 0.6 is 11.6 Å². The molecule has 4 rings (SSSR count). The molecular formula is C25H27ClN2. The Morgan fingerprint density at radius 1 is 0.893 bits per heavy atom. The van der Waals surface area contributed by atoms with Crippen molar-refractivity contribution in [3.8, 4) is 0 Å². The molecule has 28 heavy (non-hydrogen) atoms. The van der Waals surface area contributed by atoms with Crippen molar-refractivity contribution in [3.63, 3.8) is 0 Å². The van der Waals surface area contributed by atoms with Gasteiger partial charge in [0.25, 0.3) is 0 Å². The topological polar surface area (TPSA) is 15.6 Å². The first kappa shape index (κ1) is 20.2. The zero-order valence-electron chi connectivity index (χ0n) is 16.8. The third-order valence-corrected chi connectivity index (χ3v) is 5.11. The molecule has 0 N–H and O–H groups in total. The fourth-order valence-corrected chi connectivity index (χ4v) is 3.48. The summed E-state index contributed by atoms with van der Waals surface area (Å²) in [6.07, 6.45) is 1.97. The average molecular weight is 391 g/mol. The molecule has 3 aromatic carbocycles.